The van der Waals surface area contributed by atoms with E-state index in [1.165, 1.54) is 12.5 Å². The average molecular weight is 229 g/mol. The number of hydrogen-bond donors (Lipinski definition) is 0. The highest BCUT2D eigenvalue weighted by atomic mass is 32.2. The maximum absolute atomic E-state index is 13.8. The summed E-state index contributed by atoms with van der Waals surface area (Å²) in [6, 6.07) is 5.02. The highest BCUT2D eigenvalue weighted by Crippen LogP contribution is 2.26. The molecule has 2 nitrogen and oxygen atoms in total. The Morgan fingerprint density at radius 2 is 1.93 bits per heavy atom. The highest BCUT2D eigenvalue weighted by molar-refractivity contribution is 7.92. The molecule has 0 aromatic heterocycles. The molecule has 4 heteroatoms. The number of nitrogens with zero attached hydrogens (tertiary/aromatic N) is 1. The predicted molar refractivity (Wildman–Crippen MR) is 62.6 cm³/mol. The minimum atomic E-state index is -2.31. The van der Waals surface area contributed by atoms with E-state index in [-0.39, 0.29) is 17.4 Å². The molecule has 0 spiro atoms. The van der Waals surface area contributed by atoms with Crippen LogP contribution >= 0.6 is 0 Å². The van der Waals surface area contributed by atoms with Crippen LogP contribution in [0.1, 0.15) is 25.3 Å². The van der Waals surface area contributed by atoms with Gasteiger partial charge in [-0.25, -0.2) is 8.60 Å². The molecule has 0 saturated heterocycles. The van der Waals surface area contributed by atoms with Crippen LogP contribution in [0.4, 0.5) is 10.1 Å². The van der Waals surface area contributed by atoms with Gasteiger partial charge in [-0.3, -0.25) is 0 Å². The lowest BCUT2D eigenvalue weighted by Gasteiger charge is -2.08. The van der Waals surface area contributed by atoms with Gasteiger partial charge in [0.25, 0.3) is 0 Å². The molecule has 0 amide bonds. The van der Waals surface area contributed by atoms with Gasteiger partial charge in [-0.05, 0) is 17.5 Å². The molecule has 15 heavy (non-hydrogen) atoms. The van der Waals surface area contributed by atoms with E-state index in [9.17, 15) is 8.60 Å². The molecule has 0 atom stereocenters. The zero-order valence-electron chi connectivity index (χ0n) is 9.45. The van der Waals surface area contributed by atoms with Crippen LogP contribution in [0, 0.1) is 5.82 Å². The minimum Gasteiger partial charge on any atom is -0.250 e. The second-order valence-corrected chi connectivity index (χ2v) is 6.65. The smallest absolute Gasteiger partial charge is 0.152 e. The van der Waals surface area contributed by atoms with Gasteiger partial charge in [-0.2, -0.15) is 4.36 Å². The van der Waals surface area contributed by atoms with Crippen LogP contribution in [-0.2, 0) is 9.73 Å². The summed E-state index contributed by atoms with van der Waals surface area (Å²) in [6.07, 6.45) is 2.99. The summed E-state index contributed by atoms with van der Waals surface area (Å²) in [5.41, 5.74) is 0.802. The van der Waals surface area contributed by atoms with Crippen LogP contribution < -0.4 is 0 Å². The third kappa shape index (κ3) is 3.30. The molecule has 0 saturated carbocycles. The lowest BCUT2D eigenvalue weighted by atomic mass is 10.0. The van der Waals surface area contributed by atoms with Crippen molar-refractivity contribution in [2.75, 3.05) is 12.5 Å². The lowest BCUT2D eigenvalue weighted by molar-refractivity contribution is 0.600. The van der Waals surface area contributed by atoms with Crippen molar-refractivity contribution < 1.29 is 8.60 Å². The Bertz CT molecular complexity index is 465. The first-order valence-corrected chi connectivity index (χ1v) is 7.10. The molecule has 0 aliphatic carbocycles. The van der Waals surface area contributed by atoms with Gasteiger partial charge < -0.3 is 0 Å². The van der Waals surface area contributed by atoms with Crippen LogP contribution in [0.3, 0.4) is 0 Å². The summed E-state index contributed by atoms with van der Waals surface area (Å²) in [6.45, 7) is 3.83. The van der Waals surface area contributed by atoms with Gasteiger partial charge >= 0.3 is 0 Å². The maximum atomic E-state index is 13.8. The molecule has 0 unspecified atom stereocenters. The van der Waals surface area contributed by atoms with Gasteiger partial charge in [0.1, 0.15) is 5.69 Å². The van der Waals surface area contributed by atoms with Gasteiger partial charge in [-0.1, -0.05) is 26.0 Å². The van der Waals surface area contributed by atoms with Crippen LogP contribution in [0.5, 0.6) is 0 Å². The highest BCUT2D eigenvalue weighted by Gasteiger charge is 2.10. The Morgan fingerprint density at radius 1 is 1.33 bits per heavy atom. The SMILES string of the molecule is CC(C)c1cccc(N=S(C)(C)=O)c1F. The van der Waals surface area contributed by atoms with E-state index in [0.717, 1.165) is 0 Å². The number of rotatable bonds is 2. The monoisotopic (exact) mass is 229 g/mol. The summed E-state index contributed by atoms with van der Waals surface area (Å²) < 4.78 is 29.2. The predicted octanol–water partition coefficient (Wildman–Crippen LogP) is 3.31. The molecule has 0 heterocycles. The Labute approximate surface area is 90.7 Å². The van der Waals surface area contributed by atoms with E-state index in [1.807, 2.05) is 13.8 Å². The average Bonchev–Trinajstić information content (AvgIpc) is 2.05. The van der Waals surface area contributed by atoms with E-state index in [4.69, 9.17) is 0 Å². The Balaban J connectivity index is 3.35. The zero-order valence-corrected chi connectivity index (χ0v) is 10.3. The van der Waals surface area contributed by atoms with Crippen LogP contribution in [0.25, 0.3) is 0 Å². The summed E-state index contributed by atoms with van der Waals surface area (Å²) in [4.78, 5) is 0. The topological polar surface area (TPSA) is 29.4 Å². The van der Waals surface area contributed by atoms with Gasteiger partial charge in [0.15, 0.2) is 5.82 Å². The van der Waals surface area contributed by atoms with Crippen molar-refractivity contribution in [2.24, 2.45) is 4.36 Å². The molecule has 0 fully saturated rings. The van der Waals surface area contributed by atoms with Crippen molar-refractivity contribution in [2.45, 2.75) is 19.8 Å². The van der Waals surface area contributed by atoms with Crippen molar-refractivity contribution in [1.29, 1.82) is 0 Å². The third-order valence-corrected chi connectivity index (χ3v) is 2.58. The molecule has 0 radical (unpaired) electrons. The fourth-order valence-electron chi connectivity index (χ4n) is 1.29. The van der Waals surface area contributed by atoms with Gasteiger partial charge in [0, 0.05) is 22.2 Å². The van der Waals surface area contributed by atoms with Crippen molar-refractivity contribution >= 4 is 15.4 Å². The Hall–Kier alpha value is -0.900. The molecule has 0 bridgehead atoms. The second-order valence-electron chi connectivity index (χ2n) is 4.11. The quantitative estimate of drug-likeness (QED) is 0.765. The first-order valence-electron chi connectivity index (χ1n) is 4.77. The summed E-state index contributed by atoms with van der Waals surface area (Å²) in [7, 11) is -2.31. The van der Waals surface area contributed by atoms with Crippen LogP contribution in [0.15, 0.2) is 22.6 Å². The van der Waals surface area contributed by atoms with Crippen LogP contribution in [0.2, 0.25) is 0 Å². The van der Waals surface area contributed by atoms with E-state index in [1.54, 1.807) is 18.2 Å². The molecule has 1 rings (SSSR count). The zero-order chi connectivity index (χ0) is 11.6. The van der Waals surface area contributed by atoms with Gasteiger partial charge in [-0.15, -0.1) is 0 Å². The summed E-state index contributed by atoms with van der Waals surface area (Å²) in [5, 5.41) is 0. The number of halogens is 1. The second kappa shape index (κ2) is 4.31. The fraction of sp³-hybridized carbons (Fsp3) is 0.455. The summed E-state index contributed by atoms with van der Waals surface area (Å²) in [5.74, 6) is -0.256. The van der Waals surface area contributed by atoms with Crippen molar-refractivity contribution in [3.05, 3.63) is 29.6 Å². The van der Waals surface area contributed by atoms with Gasteiger partial charge in [0.05, 0.1) is 0 Å². The fourth-order valence-corrected chi connectivity index (χ4v) is 1.91. The molecule has 1 aromatic carbocycles. The van der Waals surface area contributed by atoms with E-state index in [2.05, 4.69) is 4.36 Å². The lowest BCUT2D eigenvalue weighted by Crippen LogP contribution is -1.95. The Morgan fingerprint density at radius 3 is 2.40 bits per heavy atom. The maximum Gasteiger partial charge on any atom is 0.152 e. The number of hydrogen-bond acceptors (Lipinski definition) is 2. The van der Waals surface area contributed by atoms with E-state index < -0.39 is 9.73 Å². The van der Waals surface area contributed by atoms with Crippen molar-refractivity contribution in [1.82, 2.24) is 0 Å². The summed E-state index contributed by atoms with van der Waals surface area (Å²) >= 11 is 0. The first kappa shape index (κ1) is 12.2. The van der Waals surface area contributed by atoms with Crippen LogP contribution in [-0.4, -0.2) is 16.7 Å². The largest absolute Gasteiger partial charge is 0.250 e. The van der Waals surface area contributed by atoms with E-state index in [0.29, 0.717) is 5.56 Å². The van der Waals surface area contributed by atoms with Gasteiger partial charge in [0.2, 0.25) is 0 Å². The minimum absolute atomic E-state index is 0.102. The first-order chi connectivity index (χ1) is 6.81. The molecule has 1 aromatic rings. The molecule has 0 aliphatic rings. The third-order valence-electron chi connectivity index (χ3n) is 1.95. The van der Waals surface area contributed by atoms with Crippen molar-refractivity contribution in [3.8, 4) is 0 Å². The molecular weight excluding hydrogens is 213 g/mol. The normalized spacial score (nSPS) is 11.9. The molecular formula is C11H16FNOS. The number of benzene rings is 1. The molecule has 0 aliphatic heterocycles. The van der Waals surface area contributed by atoms with E-state index >= 15 is 0 Å². The Kier molecular flexibility index (Phi) is 3.50. The van der Waals surface area contributed by atoms with Crippen molar-refractivity contribution in [3.63, 3.8) is 0 Å². The molecule has 84 valence electrons. The standard InChI is InChI=1S/C11H16FNOS/c1-8(2)9-6-5-7-10(11(9)12)13-15(3,4)14/h5-8H,1-4H3. The molecule has 0 N–H and O–H groups in total.